The van der Waals surface area contributed by atoms with Crippen molar-refractivity contribution in [1.82, 2.24) is 15.1 Å². The second-order valence-electron chi connectivity index (χ2n) is 4.23. The molecule has 1 unspecified atom stereocenters. The summed E-state index contributed by atoms with van der Waals surface area (Å²) in [7, 11) is 0. The fraction of sp³-hybridized carbons (Fsp3) is 0.308. The fourth-order valence-corrected chi connectivity index (χ4v) is 2.26. The van der Waals surface area contributed by atoms with E-state index < -0.39 is 0 Å². The van der Waals surface area contributed by atoms with Gasteiger partial charge in [-0.3, -0.25) is 0 Å². The summed E-state index contributed by atoms with van der Waals surface area (Å²) < 4.78 is 1.89. The van der Waals surface area contributed by atoms with E-state index in [1.165, 1.54) is 12.0 Å². The average molecular weight is 213 g/mol. The van der Waals surface area contributed by atoms with Crippen molar-refractivity contribution in [2.75, 3.05) is 13.1 Å². The molecule has 1 aromatic heterocycles. The first kappa shape index (κ1) is 9.60. The third-order valence-corrected chi connectivity index (χ3v) is 3.19. The monoisotopic (exact) mass is 213 g/mol. The minimum absolute atomic E-state index is 0.687. The second kappa shape index (κ2) is 4.10. The predicted octanol–water partition coefficient (Wildman–Crippen LogP) is 1.95. The lowest BCUT2D eigenvalue weighted by Gasteiger charge is -2.09. The molecule has 1 aliphatic rings. The molecule has 1 aliphatic heterocycles. The summed E-state index contributed by atoms with van der Waals surface area (Å²) in [6.07, 6.45) is 5.02. The van der Waals surface area contributed by atoms with Crippen molar-refractivity contribution in [1.29, 1.82) is 0 Å². The molecule has 1 N–H and O–H groups in total. The highest BCUT2D eigenvalue weighted by molar-refractivity contribution is 5.35. The Bertz CT molecular complexity index is 439. The van der Waals surface area contributed by atoms with E-state index >= 15 is 0 Å². The molecule has 3 nitrogen and oxygen atoms in total. The highest BCUT2D eigenvalue weighted by Gasteiger charge is 2.15. The Kier molecular flexibility index (Phi) is 2.46. The maximum Gasteiger partial charge on any atom is 0.0645 e. The Hall–Kier alpha value is -1.61. The number of aromatic nitrogens is 2. The van der Waals surface area contributed by atoms with Gasteiger partial charge in [-0.05, 0) is 42.6 Å². The first-order valence-corrected chi connectivity index (χ1v) is 5.74. The predicted molar refractivity (Wildman–Crippen MR) is 63.8 cm³/mol. The maximum absolute atomic E-state index is 4.22. The van der Waals surface area contributed by atoms with Crippen LogP contribution in [-0.4, -0.2) is 22.9 Å². The number of nitrogens with zero attached hydrogens (tertiary/aromatic N) is 2. The van der Waals surface area contributed by atoms with Gasteiger partial charge in [0.2, 0.25) is 0 Å². The number of nitrogens with one attached hydrogen (secondary N) is 1. The van der Waals surface area contributed by atoms with Gasteiger partial charge in [0, 0.05) is 18.9 Å². The summed E-state index contributed by atoms with van der Waals surface area (Å²) in [6.45, 7) is 2.26. The van der Waals surface area contributed by atoms with Crippen LogP contribution in [0.3, 0.4) is 0 Å². The molecule has 1 fully saturated rings. The van der Waals surface area contributed by atoms with Crippen LogP contribution in [0.1, 0.15) is 17.9 Å². The van der Waals surface area contributed by atoms with Gasteiger partial charge < -0.3 is 5.32 Å². The van der Waals surface area contributed by atoms with Crippen molar-refractivity contribution in [3.63, 3.8) is 0 Å². The standard InChI is InChI=1S/C13H15N3/c1-7-15-16(9-1)13-4-2-11(3-5-13)12-6-8-14-10-12/h1-5,7,9,12,14H,6,8,10H2. The molecule has 16 heavy (non-hydrogen) atoms. The summed E-state index contributed by atoms with van der Waals surface area (Å²) in [5, 5.41) is 7.61. The third kappa shape index (κ3) is 1.74. The van der Waals surface area contributed by atoms with Crippen LogP contribution < -0.4 is 5.32 Å². The van der Waals surface area contributed by atoms with Crippen LogP contribution in [-0.2, 0) is 0 Å². The van der Waals surface area contributed by atoms with Crippen LogP contribution in [0, 0.1) is 0 Å². The van der Waals surface area contributed by atoms with Crippen molar-refractivity contribution >= 4 is 0 Å². The van der Waals surface area contributed by atoms with E-state index in [-0.39, 0.29) is 0 Å². The summed E-state index contributed by atoms with van der Waals surface area (Å²) in [5.41, 5.74) is 2.56. The van der Waals surface area contributed by atoms with Crippen LogP contribution in [0.2, 0.25) is 0 Å². The number of rotatable bonds is 2. The van der Waals surface area contributed by atoms with Crippen molar-refractivity contribution in [3.05, 3.63) is 48.3 Å². The largest absolute Gasteiger partial charge is 0.316 e. The molecule has 82 valence electrons. The molecule has 0 saturated carbocycles. The third-order valence-electron chi connectivity index (χ3n) is 3.19. The van der Waals surface area contributed by atoms with E-state index in [0.717, 1.165) is 18.8 Å². The Morgan fingerprint density at radius 3 is 2.75 bits per heavy atom. The molecule has 0 aliphatic carbocycles. The normalized spacial score (nSPS) is 20.1. The zero-order valence-electron chi connectivity index (χ0n) is 9.13. The van der Waals surface area contributed by atoms with Crippen LogP contribution >= 0.6 is 0 Å². The highest BCUT2D eigenvalue weighted by atomic mass is 15.3. The zero-order chi connectivity index (χ0) is 10.8. The van der Waals surface area contributed by atoms with Crippen LogP contribution in [0.25, 0.3) is 5.69 Å². The van der Waals surface area contributed by atoms with Gasteiger partial charge >= 0.3 is 0 Å². The Morgan fingerprint density at radius 1 is 1.25 bits per heavy atom. The average Bonchev–Trinajstić information content (AvgIpc) is 3.03. The van der Waals surface area contributed by atoms with Crippen molar-refractivity contribution in [2.24, 2.45) is 0 Å². The van der Waals surface area contributed by atoms with Gasteiger partial charge in [-0.2, -0.15) is 5.10 Å². The van der Waals surface area contributed by atoms with Gasteiger partial charge in [-0.1, -0.05) is 12.1 Å². The first-order chi connectivity index (χ1) is 7.93. The molecule has 2 heterocycles. The van der Waals surface area contributed by atoms with Crippen molar-refractivity contribution < 1.29 is 0 Å². The highest BCUT2D eigenvalue weighted by Crippen LogP contribution is 2.22. The summed E-state index contributed by atoms with van der Waals surface area (Å²) in [4.78, 5) is 0. The van der Waals surface area contributed by atoms with Gasteiger partial charge in [0.1, 0.15) is 0 Å². The topological polar surface area (TPSA) is 29.9 Å². The molecule has 1 atom stereocenters. The minimum Gasteiger partial charge on any atom is -0.316 e. The molecule has 0 amide bonds. The van der Waals surface area contributed by atoms with Crippen LogP contribution in [0.15, 0.2) is 42.7 Å². The molecule has 2 aromatic rings. The Balaban J connectivity index is 1.84. The van der Waals surface area contributed by atoms with E-state index in [1.807, 2.05) is 16.9 Å². The van der Waals surface area contributed by atoms with Crippen molar-refractivity contribution in [3.8, 4) is 5.69 Å². The Morgan fingerprint density at radius 2 is 2.12 bits per heavy atom. The molecule has 0 radical (unpaired) electrons. The lowest BCUT2D eigenvalue weighted by atomic mass is 9.98. The lowest BCUT2D eigenvalue weighted by molar-refractivity contribution is 0.762. The lowest BCUT2D eigenvalue weighted by Crippen LogP contribution is -2.08. The molecule has 0 bridgehead atoms. The molecular formula is C13H15N3. The van der Waals surface area contributed by atoms with Crippen LogP contribution in [0.5, 0.6) is 0 Å². The molecule has 3 heteroatoms. The van der Waals surface area contributed by atoms with Crippen molar-refractivity contribution in [2.45, 2.75) is 12.3 Å². The van der Waals surface area contributed by atoms with Gasteiger partial charge in [0.05, 0.1) is 5.69 Å². The molecule has 1 saturated heterocycles. The molecule has 1 aromatic carbocycles. The quantitative estimate of drug-likeness (QED) is 0.826. The summed E-state index contributed by atoms with van der Waals surface area (Å²) >= 11 is 0. The molecule has 3 rings (SSSR count). The van der Waals surface area contributed by atoms with Crippen LogP contribution in [0.4, 0.5) is 0 Å². The Labute approximate surface area is 95.1 Å². The molecule has 0 spiro atoms. The zero-order valence-corrected chi connectivity index (χ0v) is 9.13. The summed E-state index contributed by atoms with van der Waals surface area (Å²) in [5.74, 6) is 0.687. The van der Waals surface area contributed by atoms with E-state index in [0.29, 0.717) is 5.92 Å². The SMILES string of the molecule is c1cnn(-c2ccc(C3CCNC3)cc2)c1. The van der Waals surface area contributed by atoms with Gasteiger partial charge in [-0.15, -0.1) is 0 Å². The maximum atomic E-state index is 4.22. The number of hydrogen-bond acceptors (Lipinski definition) is 2. The smallest absolute Gasteiger partial charge is 0.0645 e. The van der Waals surface area contributed by atoms with Gasteiger partial charge in [-0.25, -0.2) is 4.68 Å². The second-order valence-corrected chi connectivity index (χ2v) is 4.23. The van der Waals surface area contributed by atoms with E-state index in [4.69, 9.17) is 0 Å². The fourth-order valence-electron chi connectivity index (χ4n) is 2.26. The molecular weight excluding hydrogens is 198 g/mol. The summed E-state index contributed by atoms with van der Waals surface area (Å²) in [6, 6.07) is 10.7. The first-order valence-electron chi connectivity index (χ1n) is 5.74. The van der Waals surface area contributed by atoms with E-state index in [9.17, 15) is 0 Å². The van der Waals surface area contributed by atoms with E-state index in [2.05, 4.69) is 34.7 Å². The minimum atomic E-state index is 0.687. The number of hydrogen-bond donors (Lipinski definition) is 1. The van der Waals surface area contributed by atoms with Gasteiger partial charge in [0.15, 0.2) is 0 Å². The number of benzene rings is 1. The van der Waals surface area contributed by atoms with E-state index in [1.54, 1.807) is 6.20 Å². The van der Waals surface area contributed by atoms with Gasteiger partial charge in [0.25, 0.3) is 0 Å².